The summed E-state index contributed by atoms with van der Waals surface area (Å²) < 4.78 is 12.4. The molecule has 0 amide bonds. The van der Waals surface area contributed by atoms with Gasteiger partial charge in [-0.3, -0.25) is 0 Å². The van der Waals surface area contributed by atoms with Gasteiger partial charge in [-0.15, -0.1) is 0 Å². The summed E-state index contributed by atoms with van der Waals surface area (Å²) in [4.78, 5) is 0. The molecule has 0 radical (unpaired) electrons. The van der Waals surface area contributed by atoms with Crippen LogP contribution in [0.25, 0.3) is 0 Å². The van der Waals surface area contributed by atoms with E-state index in [1.54, 1.807) is 0 Å². The monoisotopic (exact) mass is 226 g/mol. The van der Waals surface area contributed by atoms with Crippen molar-refractivity contribution in [3.05, 3.63) is 0 Å². The van der Waals surface area contributed by atoms with Gasteiger partial charge in [-0.2, -0.15) is 0 Å². The minimum absolute atomic E-state index is 0.0831. The standard InChI is InChI=1S/C14H26O2/c1-5-13(6-2)9-11-10-14(7-3,8-4)16-12(11)15-13/h11-12H,5-10H2,1-4H3. The Morgan fingerprint density at radius 1 is 0.812 bits per heavy atom. The first-order valence-corrected chi connectivity index (χ1v) is 6.98. The van der Waals surface area contributed by atoms with Crippen molar-refractivity contribution < 1.29 is 9.47 Å². The maximum absolute atomic E-state index is 6.21. The van der Waals surface area contributed by atoms with E-state index >= 15 is 0 Å². The fraction of sp³-hybridized carbons (Fsp3) is 1.00. The summed E-state index contributed by atoms with van der Waals surface area (Å²) in [5.74, 6) is 0.639. The van der Waals surface area contributed by atoms with Gasteiger partial charge in [0.25, 0.3) is 0 Å². The predicted octanol–water partition coefficient (Wildman–Crippen LogP) is 3.89. The fourth-order valence-corrected chi connectivity index (χ4v) is 3.44. The molecule has 2 fully saturated rings. The second-order valence-electron chi connectivity index (χ2n) is 5.55. The van der Waals surface area contributed by atoms with Crippen molar-refractivity contribution in [1.82, 2.24) is 0 Å². The highest BCUT2D eigenvalue weighted by Gasteiger charge is 2.54. The zero-order chi connectivity index (χ0) is 11.8. The number of hydrogen-bond donors (Lipinski definition) is 0. The van der Waals surface area contributed by atoms with E-state index in [4.69, 9.17) is 9.47 Å². The van der Waals surface area contributed by atoms with Crippen LogP contribution >= 0.6 is 0 Å². The molecule has 2 nitrogen and oxygen atoms in total. The lowest BCUT2D eigenvalue weighted by molar-refractivity contribution is -0.202. The molecule has 0 aromatic rings. The van der Waals surface area contributed by atoms with Crippen LogP contribution in [0.5, 0.6) is 0 Å². The minimum Gasteiger partial charge on any atom is -0.346 e. The van der Waals surface area contributed by atoms with Gasteiger partial charge in [0.2, 0.25) is 0 Å². The molecule has 0 atom stereocenters. The molecule has 0 aromatic heterocycles. The van der Waals surface area contributed by atoms with E-state index in [0.717, 1.165) is 25.7 Å². The van der Waals surface area contributed by atoms with Gasteiger partial charge < -0.3 is 9.47 Å². The molecule has 2 heterocycles. The van der Waals surface area contributed by atoms with Crippen LogP contribution in [0.1, 0.15) is 66.2 Å². The Kier molecular flexibility index (Phi) is 3.33. The summed E-state index contributed by atoms with van der Waals surface area (Å²) in [5, 5.41) is 0. The number of hydrogen-bond acceptors (Lipinski definition) is 2. The average molecular weight is 226 g/mol. The van der Waals surface area contributed by atoms with Gasteiger partial charge in [0.1, 0.15) is 0 Å². The lowest BCUT2D eigenvalue weighted by atomic mass is 9.83. The summed E-state index contributed by atoms with van der Waals surface area (Å²) in [6, 6.07) is 0. The second kappa shape index (κ2) is 4.30. The maximum atomic E-state index is 6.21. The minimum atomic E-state index is 0.0831. The first-order chi connectivity index (χ1) is 7.62. The van der Waals surface area contributed by atoms with Gasteiger partial charge in [-0.05, 0) is 38.5 Å². The van der Waals surface area contributed by atoms with E-state index in [-0.39, 0.29) is 17.5 Å². The van der Waals surface area contributed by atoms with E-state index in [1.807, 2.05) is 0 Å². The van der Waals surface area contributed by atoms with Crippen LogP contribution in [0.2, 0.25) is 0 Å². The van der Waals surface area contributed by atoms with E-state index in [1.165, 1.54) is 12.8 Å². The van der Waals surface area contributed by atoms with E-state index in [0.29, 0.717) is 5.92 Å². The normalized spacial score (nSPS) is 35.2. The number of ether oxygens (including phenoxy) is 2. The summed E-state index contributed by atoms with van der Waals surface area (Å²) in [7, 11) is 0. The third-order valence-electron chi connectivity index (χ3n) is 4.96. The SMILES string of the molecule is CCC1(CC)CC2CC(CC)(CC)OC2O1. The highest BCUT2D eigenvalue weighted by Crippen LogP contribution is 2.51. The van der Waals surface area contributed by atoms with Crippen molar-refractivity contribution in [2.24, 2.45) is 5.92 Å². The van der Waals surface area contributed by atoms with E-state index in [2.05, 4.69) is 27.7 Å². The summed E-state index contributed by atoms with van der Waals surface area (Å²) in [5.41, 5.74) is 0.228. The Morgan fingerprint density at radius 2 is 1.19 bits per heavy atom. The van der Waals surface area contributed by atoms with Crippen LogP contribution < -0.4 is 0 Å². The van der Waals surface area contributed by atoms with Crippen molar-refractivity contribution in [3.63, 3.8) is 0 Å². The van der Waals surface area contributed by atoms with Gasteiger partial charge in [-0.25, -0.2) is 0 Å². The lowest BCUT2D eigenvalue weighted by Gasteiger charge is -2.32. The fourth-order valence-electron chi connectivity index (χ4n) is 3.44. The van der Waals surface area contributed by atoms with Crippen LogP contribution in [0.3, 0.4) is 0 Å². The molecule has 2 aliphatic heterocycles. The van der Waals surface area contributed by atoms with Crippen LogP contribution in [-0.2, 0) is 9.47 Å². The van der Waals surface area contributed by atoms with Gasteiger partial charge >= 0.3 is 0 Å². The molecule has 2 aliphatic rings. The van der Waals surface area contributed by atoms with Crippen molar-refractivity contribution in [1.29, 1.82) is 0 Å². The zero-order valence-corrected chi connectivity index (χ0v) is 11.2. The van der Waals surface area contributed by atoms with Crippen LogP contribution in [-0.4, -0.2) is 17.5 Å². The first-order valence-electron chi connectivity index (χ1n) is 6.98. The Morgan fingerprint density at radius 3 is 1.44 bits per heavy atom. The summed E-state index contributed by atoms with van der Waals surface area (Å²) in [6.45, 7) is 8.93. The lowest BCUT2D eigenvalue weighted by Crippen LogP contribution is -2.33. The quantitative estimate of drug-likeness (QED) is 0.724. The Balaban J connectivity index is 2.05. The molecule has 0 spiro atoms. The average Bonchev–Trinajstić information content (AvgIpc) is 2.82. The smallest absolute Gasteiger partial charge is 0.162 e. The summed E-state index contributed by atoms with van der Waals surface area (Å²) >= 11 is 0. The molecule has 16 heavy (non-hydrogen) atoms. The predicted molar refractivity (Wildman–Crippen MR) is 65.3 cm³/mol. The first kappa shape index (κ1) is 12.4. The maximum Gasteiger partial charge on any atom is 0.162 e. The largest absolute Gasteiger partial charge is 0.346 e. The highest BCUT2D eigenvalue weighted by atomic mass is 16.7. The van der Waals surface area contributed by atoms with Gasteiger partial charge in [-0.1, -0.05) is 27.7 Å². The Hall–Kier alpha value is -0.0800. The van der Waals surface area contributed by atoms with E-state index in [9.17, 15) is 0 Å². The zero-order valence-electron chi connectivity index (χ0n) is 11.2. The molecule has 94 valence electrons. The molecule has 2 heteroatoms. The topological polar surface area (TPSA) is 18.5 Å². The van der Waals surface area contributed by atoms with Gasteiger partial charge in [0.05, 0.1) is 11.2 Å². The summed E-state index contributed by atoms with van der Waals surface area (Å²) in [6.07, 6.45) is 6.95. The van der Waals surface area contributed by atoms with Crippen molar-refractivity contribution >= 4 is 0 Å². The second-order valence-corrected chi connectivity index (χ2v) is 5.55. The molecular weight excluding hydrogens is 200 g/mol. The number of rotatable bonds is 4. The molecule has 0 aromatic carbocycles. The van der Waals surface area contributed by atoms with Crippen LogP contribution in [0.15, 0.2) is 0 Å². The van der Waals surface area contributed by atoms with E-state index < -0.39 is 0 Å². The van der Waals surface area contributed by atoms with Crippen LogP contribution in [0, 0.1) is 5.92 Å². The van der Waals surface area contributed by atoms with Gasteiger partial charge in [0.15, 0.2) is 6.29 Å². The molecule has 0 aliphatic carbocycles. The molecule has 0 unspecified atom stereocenters. The van der Waals surface area contributed by atoms with Crippen LogP contribution in [0.4, 0.5) is 0 Å². The third kappa shape index (κ3) is 1.80. The highest BCUT2D eigenvalue weighted by molar-refractivity contribution is 4.98. The molecule has 0 N–H and O–H groups in total. The molecule has 0 bridgehead atoms. The van der Waals surface area contributed by atoms with Crippen molar-refractivity contribution in [3.8, 4) is 0 Å². The number of fused-ring (bicyclic) bond motifs is 1. The van der Waals surface area contributed by atoms with Crippen molar-refractivity contribution in [2.75, 3.05) is 0 Å². The molecule has 0 saturated carbocycles. The van der Waals surface area contributed by atoms with Gasteiger partial charge in [0, 0.05) is 5.92 Å². The van der Waals surface area contributed by atoms with Crippen molar-refractivity contribution in [2.45, 2.75) is 83.7 Å². The third-order valence-corrected chi connectivity index (χ3v) is 4.96. The molecular formula is C14H26O2. The molecule has 2 rings (SSSR count). The molecule has 2 saturated heterocycles. The Bertz CT molecular complexity index is 199. The Labute approximate surface area is 99.7 Å².